The Balaban J connectivity index is 0.00000225. The fraction of sp³-hybridized carbons (Fsp3) is 0.611. The summed E-state index contributed by atoms with van der Waals surface area (Å²) in [6.07, 6.45) is 1.23. The maximum Gasteiger partial charge on any atom is 0.234 e. The van der Waals surface area contributed by atoms with Gasteiger partial charge in [0.15, 0.2) is 0 Å². The molecule has 1 aromatic carbocycles. The minimum Gasteiger partial charge on any atom is -0.348 e. The quantitative estimate of drug-likeness (QED) is 0.822. The van der Waals surface area contributed by atoms with Crippen molar-refractivity contribution < 1.29 is 9.18 Å². The van der Waals surface area contributed by atoms with E-state index >= 15 is 0 Å². The van der Waals surface area contributed by atoms with Crippen LogP contribution in [0.1, 0.15) is 24.9 Å². The van der Waals surface area contributed by atoms with Gasteiger partial charge in [-0.05, 0) is 37.6 Å². The van der Waals surface area contributed by atoms with Gasteiger partial charge in [-0.3, -0.25) is 14.6 Å². The van der Waals surface area contributed by atoms with E-state index in [4.69, 9.17) is 0 Å². The van der Waals surface area contributed by atoms with E-state index in [9.17, 15) is 9.18 Å². The standard InChI is InChI=1S/C18H27FN4O.ClH/c1-14(15-2-4-16(19)5-3-15)21-18(24)13-22-8-10-23(11-9-22)17-6-7-20-12-17;/h2-5,14,17,20H,6-13H2,1H3,(H,21,24);1H. The zero-order chi connectivity index (χ0) is 16.9. The van der Waals surface area contributed by atoms with E-state index < -0.39 is 0 Å². The Morgan fingerprint density at radius 2 is 1.96 bits per heavy atom. The van der Waals surface area contributed by atoms with Gasteiger partial charge in [0.25, 0.3) is 0 Å². The molecule has 2 heterocycles. The van der Waals surface area contributed by atoms with Crippen LogP contribution in [0.25, 0.3) is 0 Å². The molecule has 0 saturated carbocycles. The number of amides is 1. The molecule has 0 spiro atoms. The molecule has 1 amide bonds. The molecule has 5 nitrogen and oxygen atoms in total. The smallest absolute Gasteiger partial charge is 0.234 e. The van der Waals surface area contributed by atoms with Crippen LogP contribution in [0.5, 0.6) is 0 Å². The highest BCUT2D eigenvalue weighted by Crippen LogP contribution is 2.14. The lowest BCUT2D eigenvalue weighted by Crippen LogP contribution is -2.52. The van der Waals surface area contributed by atoms with Crippen LogP contribution in [0.4, 0.5) is 4.39 Å². The second-order valence-electron chi connectivity index (χ2n) is 6.80. The van der Waals surface area contributed by atoms with E-state index in [1.165, 1.54) is 18.6 Å². The van der Waals surface area contributed by atoms with Crippen molar-refractivity contribution in [3.8, 4) is 0 Å². The first-order chi connectivity index (χ1) is 11.6. The molecule has 2 aliphatic heterocycles. The summed E-state index contributed by atoms with van der Waals surface area (Å²) in [5.74, 6) is -0.226. The molecule has 0 aliphatic carbocycles. The number of halogens is 2. The molecule has 2 aliphatic rings. The molecule has 7 heteroatoms. The van der Waals surface area contributed by atoms with E-state index in [0.29, 0.717) is 12.6 Å². The molecule has 140 valence electrons. The minimum absolute atomic E-state index is 0. The highest BCUT2D eigenvalue weighted by Gasteiger charge is 2.26. The van der Waals surface area contributed by atoms with Crippen LogP contribution in [-0.2, 0) is 4.79 Å². The molecule has 0 bridgehead atoms. The largest absolute Gasteiger partial charge is 0.348 e. The third-order valence-corrected chi connectivity index (χ3v) is 5.07. The molecule has 2 atom stereocenters. The first-order valence-electron chi connectivity index (χ1n) is 8.84. The number of piperazine rings is 1. The Labute approximate surface area is 155 Å². The van der Waals surface area contributed by atoms with Crippen molar-refractivity contribution >= 4 is 18.3 Å². The number of nitrogens with zero attached hydrogens (tertiary/aromatic N) is 2. The molecule has 2 N–H and O–H groups in total. The Kier molecular flexibility index (Phi) is 7.62. The number of carbonyl (C=O) groups excluding carboxylic acids is 1. The van der Waals surface area contributed by atoms with Crippen molar-refractivity contribution in [3.63, 3.8) is 0 Å². The third-order valence-electron chi connectivity index (χ3n) is 5.07. The molecule has 1 aromatic rings. The van der Waals surface area contributed by atoms with Crippen LogP contribution in [0.15, 0.2) is 24.3 Å². The van der Waals surface area contributed by atoms with E-state index in [0.717, 1.165) is 44.8 Å². The molecule has 25 heavy (non-hydrogen) atoms. The fourth-order valence-electron chi connectivity index (χ4n) is 3.56. The highest BCUT2D eigenvalue weighted by atomic mass is 35.5. The summed E-state index contributed by atoms with van der Waals surface area (Å²) in [4.78, 5) is 17.0. The normalized spacial score (nSPS) is 23.0. The average molecular weight is 371 g/mol. The number of benzene rings is 1. The monoisotopic (exact) mass is 370 g/mol. The summed E-state index contributed by atoms with van der Waals surface area (Å²) in [6.45, 7) is 8.52. The Bertz CT molecular complexity index is 543. The summed E-state index contributed by atoms with van der Waals surface area (Å²) < 4.78 is 13.0. The molecule has 0 aromatic heterocycles. The van der Waals surface area contributed by atoms with Gasteiger partial charge in [-0.2, -0.15) is 0 Å². The zero-order valence-electron chi connectivity index (χ0n) is 14.7. The van der Waals surface area contributed by atoms with Crippen LogP contribution >= 0.6 is 12.4 Å². The summed E-state index contributed by atoms with van der Waals surface area (Å²) in [5.41, 5.74) is 0.920. The van der Waals surface area contributed by atoms with Gasteiger partial charge >= 0.3 is 0 Å². The van der Waals surface area contributed by atoms with Crippen molar-refractivity contribution in [1.29, 1.82) is 0 Å². The van der Waals surface area contributed by atoms with Crippen LogP contribution in [-0.4, -0.2) is 67.6 Å². The lowest BCUT2D eigenvalue weighted by Gasteiger charge is -2.37. The highest BCUT2D eigenvalue weighted by molar-refractivity contribution is 5.85. The predicted molar refractivity (Wildman–Crippen MR) is 99.5 cm³/mol. The van der Waals surface area contributed by atoms with Crippen molar-refractivity contribution in [3.05, 3.63) is 35.6 Å². The molecule has 0 radical (unpaired) electrons. The Morgan fingerprint density at radius 1 is 1.28 bits per heavy atom. The number of nitrogens with one attached hydrogen (secondary N) is 2. The van der Waals surface area contributed by atoms with E-state index in [2.05, 4.69) is 20.4 Å². The van der Waals surface area contributed by atoms with Gasteiger partial charge in [0.2, 0.25) is 5.91 Å². The Hall–Kier alpha value is -1.21. The molecule has 3 rings (SSSR count). The van der Waals surface area contributed by atoms with E-state index in [-0.39, 0.29) is 30.2 Å². The fourth-order valence-corrected chi connectivity index (χ4v) is 3.56. The van der Waals surface area contributed by atoms with Gasteiger partial charge in [-0.25, -0.2) is 4.39 Å². The van der Waals surface area contributed by atoms with Gasteiger partial charge in [0.1, 0.15) is 5.82 Å². The van der Waals surface area contributed by atoms with Crippen LogP contribution < -0.4 is 10.6 Å². The van der Waals surface area contributed by atoms with Crippen LogP contribution in [0.3, 0.4) is 0 Å². The topological polar surface area (TPSA) is 47.6 Å². The zero-order valence-corrected chi connectivity index (χ0v) is 15.5. The molecular weight excluding hydrogens is 343 g/mol. The summed E-state index contributed by atoms with van der Waals surface area (Å²) >= 11 is 0. The molecular formula is C18H28ClFN4O. The Morgan fingerprint density at radius 3 is 2.56 bits per heavy atom. The SMILES string of the molecule is CC(NC(=O)CN1CCN(C2CCNC2)CC1)c1ccc(F)cc1.Cl. The number of hydrogen-bond donors (Lipinski definition) is 2. The molecule has 2 saturated heterocycles. The summed E-state index contributed by atoms with van der Waals surface area (Å²) in [6, 6.07) is 6.84. The lowest BCUT2D eigenvalue weighted by atomic mass is 10.1. The first-order valence-corrected chi connectivity index (χ1v) is 8.84. The van der Waals surface area contributed by atoms with Crippen molar-refractivity contribution in [2.24, 2.45) is 0 Å². The average Bonchev–Trinajstić information content (AvgIpc) is 3.10. The first kappa shape index (κ1) is 20.1. The van der Waals surface area contributed by atoms with Crippen molar-refractivity contribution in [2.75, 3.05) is 45.8 Å². The maximum absolute atomic E-state index is 13.0. The lowest BCUT2D eigenvalue weighted by molar-refractivity contribution is -0.123. The van der Waals surface area contributed by atoms with Gasteiger partial charge in [-0.15, -0.1) is 12.4 Å². The minimum atomic E-state index is -0.257. The van der Waals surface area contributed by atoms with Gasteiger partial charge in [-0.1, -0.05) is 12.1 Å². The van der Waals surface area contributed by atoms with E-state index in [1.54, 1.807) is 12.1 Å². The van der Waals surface area contributed by atoms with Crippen LogP contribution in [0.2, 0.25) is 0 Å². The van der Waals surface area contributed by atoms with Crippen molar-refractivity contribution in [1.82, 2.24) is 20.4 Å². The van der Waals surface area contributed by atoms with Gasteiger partial charge in [0, 0.05) is 38.8 Å². The van der Waals surface area contributed by atoms with Crippen molar-refractivity contribution in [2.45, 2.75) is 25.4 Å². The van der Waals surface area contributed by atoms with Gasteiger partial charge < -0.3 is 10.6 Å². The third kappa shape index (κ3) is 5.64. The maximum atomic E-state index is 13.0. The number of hydrogen-bond acceptors (Lipinski definition) is 4. The molecule has 2 fully saturated rings. The van der Waals surface area contributed by atoms with E-state index in [1.807, 2.05) is 6.92 Å². The number of rotatable bonds is 5. The van der Waals surface area contributed by atoms with Crippen LogP contribution in [0, 0.1) is 5.82 Å². The predicted octanol–water partition coefficient (Wildman–Crippen LogP) is 1.40. The number of carbonyl (C=O) groups is 1. The summed E-state index contributed by atoms with van der Waals surface area (Å²) in [7, 11) is 0. The summed E-state index contributed by atoms with van der Waals surface area (Å²) in [5, 5.41) is 6.41. The second kappa shape index (κ2) is 9.48. The second-order valence-corrected chi connectivity index (χ2v) is 6.80. The molecule has 2 unspecified atom stereocenters. The van der Waals surface area contributed by atoms with Gasteiger partial charge in [0.05, 0.1) is 12.6 Å².